The minimum atomic E-state index is -4.56. The Balaban J connectivity index is 0.939. The van der Waals surface area contributed by atoms with Crippen molar-refractivity contribution in [3.63, 3.8) is 0 Å². The van der Waals surface area contributed by atoms with E-state index in [-0.39, 0.29) is 13.4 Å². The molecule has 0 fully saturated rings. The minimum Gasteiger partial charge on any atom is -0.311 e. The van der Waals surface area contributed by atoms with Gasteiger partial charge in [0.05, 0.1) is 22.6 Å². The van der Waals surface area contributed by atoms with E-state index >= 15 is 0 Å². The lowest BCUT2D eigenvalue weighted by Gasteiger charge is -2.46. The highest BCUT2D eigenvalue weighted by atomic mass is 32.2. The van der Waals surface area contributed by atoms with Crippen LogP contribution in [-0.2, 0) is 6.18 Å². The number of anilines is 15. The summed E-state index contributed by atoms with van der Waals surface area (Å²) in [6.07, 6.45) is -4.56. The lowest BCUT2D eigenvalue weighted by Crippen LogP contribution is -2.64. The van der Waals surface area contributed by atoms with Crippen molar-refractivity contribution in [2.75, 3.05) is 24.5 Å². The zero-order valence-electron chi connectivity index (χ0n) is 51.8. The maximum atomic E-state index is 15.0. The monoisotopic (exact) mass is 1260 g/mol. The quantitative estimate of drug-likeness (QED) is 0.119. The summed E-state index contributed by atoms with van der Waals surface area (Å²) in [4.78, 5) is 14.0. The molecule has 0 aliphatic carbocycles. The van der Waals surface area contributed by atoms with Gasteiger partial charge in [0.15, 0.2) is 0 Å². The zero-order chi connectivity index (χ0) is 64.0. The molecule has 4 aliphatic rings. The summed E-state index contributed by atoms with van der Waals surface area (Å²) in [5.41, 5.74) is 24.6. The Morgan fingerprint density at radius 2 is 0.708 bits per heavy atom. The molecular formula is C85H56B2F3N5S. The maximum Gasteiger partial charge on any atom is 0.416 e. The third-order valence-electron chi connectivity index (χ3n) is 19.2. The first-order valence-electron chi connectivity index (χ1n) is 32.4. The van der Waals surface area contributed by atoms with Crippen LogP contribution in [0.25, 0.3) is 22.3 Å². The van der Waals surface area contributed by atoms with Crippen LogP contribution in [-0.4, -0.2) is 13.4 Å². The van der Waals surface area contributed by atoms with Crippen LogP contribution in [0.2, 0.25) is 0 Å². The lowest BCUT2D eigenvalue weighted by molar-refractivity contribution is -0.137. The highest BCUT2D eigenvalue weighted by Crippen LogP contribution is 2.53. The first-order chi connectivity index (χ1) is 47.3. The molecule has 0 saturated heterocycles. The van der Waals surface area contributed by atoms with E-state index in [2.05, 4.69) is 328 Å². The lowest BCUT2D eigenvalue weighted by atomic mass is 9.31. The van der Waals surface area contributed by atoms with Crippen LogP contribution in [0.1, 0.15) is 5.56 Å². The molecule has 5 nitrogen and oxygen atoms in total. The largest absolute Gasteiger partial charge is 0.416 e. The SMILES string of the molecule is FC(F)(F)c1ccc(N2c3cc4c(cc3B3c5ccccc5N(c5ccccc5-c5ccccc5)c5cc(N(c6ccccc6)c6ccccc6-c6ccccc6)cc2c53)B2c3ccccc3N(c3ccccc3)c3cc(N(c5ccccc5)c5ccccc5)cc(c32)S4)cc1. The van der Waals surface area contributed by atoms with Crippen molar-refractivity contribution in [3.05, 3.63) is 345 Å². The first kappa shape index (κ1) is 57.0. The number of rotatable bonds is 11. The average molecular weight is 1260 g/mol. The summed E-state index contributed by atoms with van der Waals surface area (Å²) in [5, 5.41) is 0. The van der Waals surface area contributed by atoms with E-state index in [4.69, 9.17) is 0 Å². The van der Waals surface area contributed by atoms with Gasteiger partial charge in [0.2, 0.25) is 6.71 Å². The van der Waals surface area contributed by atoms with Crippen molar-refractivity contribution < 1.29 is 13.2 Å². The third kappa shape index (κ3) is 9.43. The van der Waals surface area contributed by atoms with Gasteiger partial charge in [0, 0.05) is 89.2 Å². The number of halogens is 3. The van der Waals surface area contributed by atoms with E-state index in [0.29, 0.717) is 5.69 Å². The van der Waals surface area contributed by atoms with E-state index in [0.717, 1.165) is 128 Å². The normalized spacial score (nSPS) is 13.0. The summed E-state index contributed by atoms with van der Waals surface area (Å²) in [7, 11) is 0. The predicted octanol–water partition coefficient (Wildman–Crippen LogP) is 19.8. The van der Waals surface area contributed by atoms with E-state index in [1.165, 1.54) is 28.5 Å². The topological polar surface area (TPSA) is 16.2 Å². The molecule has 11 heteroatoms. The van der Waals surface area contributed by atoms with Crippen LogP contribution in [0.15, 0.2) is 350 Å². The van der Waals surface area contributed by atoms with E-state index in [1.54, 1.807) is 23.9 Å². The molecule has 0 aromatic heterocycles. The summed E-state index contributed by atoms with van der Waals surface area (Å²) in [6.45, 7) is -0.574. The van der Waals surface area contributed by atoms with Gasteiger partial charge in [-0.1, -0.05) is 230 Å². The molecule has 18 rings (SSSR count). The van der Waals surface area contributed by atoms with Crippen molar-refractivity contribution in [1.29, 1.82) is 0 Å². The van der Waals surface area contributed by atoms with Crippen LogP contribution in [0, 0.1) is 0 Å². The fourth-order valence-electron chi connectivity index (χ4n) is 15.2. The number of nitrogens with zero attached hydrogens (tertiary/aromatic N) is 5. The van der Waals surface area contributed by atoms with Gasteiger partial charge in [0.1, 0.15) is 0 Å². The Morgan fingerprint density at radius 1 is 0.281 bits per heavy atom. The molecule has 0 radical (unpaired) electrons. The Labute approximate surface area is 561 Å². The fraction of sp³-hybridized carbons (Fsp3) is 0.0118. The fourth-order valence-corrected chi connectivity index (χ4v) is 16.4. The van der Waals surface area contributed by atoms with Gasteiger partial charge in [-0.2, -0.15) is 13.2 Å². The van der Waals surface area contributed by atoms with Gasteiger partial charge >= 0.3 is 6.18 Å². The second-order valence-corrected chi connectivity index (χ2v) is 25.7. The molecule has 14 aromatic carbocycles. The third-order valence-corrected chi connectivity index (χ3v) is 20.4. The van der Waals surface area contributed by atoms with Crippen LogP contribution in [0.4, 0.5) is 98.5 Å². The average Bonchev–Trinajstić information content (AvgIpc) is 0.690. The molecule has 14 aromatic rings. The molecule has 0 spiro atoms. The number of benzene rings is 14. The van der Waals surface area contributed by atoms with Crippen molar-refractivity contribution in [3.8, 4) is 22.3 Å². The molecule has 96 heavy (non-hydrogen) atoms. The van der Waals surface area contributed by atoms with Crippen molar-refractivity contribution >= 4 is 143 Å². The smallest absolute Gasteiger partial charge is 0.311 e. The van der Waals surface area contributed by atoms with E-state index < -0.39 is 11.7 Å². The van der Waals surface area contributed by atoms with Gasteiger partial charge in [-0.3, -0.25) is 0 Å². The molecular weight excluding hydrogens is 1200 g/mol. The summed E-state index contributed by atoms with van der Waals surface area (Å²) < 4.78 is 45.0. The predicted molar refractivity (Wildman–Crippen MR) is 396 cm³/mol. The van der Waals surface area contributed by atoms with Crippen LogP contribution >= 0.6 is 11.8 Å². The van der Waals surface area contributed by atoms with Crippen molar-refractivity contribution in [1.82, 2.24) is 0 Å². The molecule has 454 valence electrons. The number of fused-ring (bicyclic) bond motifs is 8. The van der Waals surface area contributed by atoms with Gasteiger partial charge < -0.3 is 24.5 Å². The number of hydrogen-bond acceptors (Lipinski definition) is 6. The maximum absolute atomic E-state index is 15.0. The van der Waals surface area contributed by atoms with Gasteiger partial charge in [0.25, 0.3) is 6.71 Å². The molecule has 0 atom stereocenters. The number of hydrogen-bond donors (Lipinski definition) is 0. The molecule has 0 unspecified atom stereocenters. The van der Waals surface area contributed by atoms with Crippen molar-refractivity contribution in [2.24, 2.45) is 0 Å². The van der Waals surface area contributed by atoms with Gasteiger partial charge in [-0.25, -0.2) is 0 Å². The van der Waals surface area contributed by atoms with E-state index in [1.807, 2.05) is 12.1 Å². The van der Waals surface area contributed by atoms with Crippen LogP contribution in [0.5, 0.6) is 0 Å². The number of alkyl halides is 3. The summed E-state index contributed by atoms with van der Waals surface area (Å²) in [5.74, 6) is 0. The Bertz CT molecular complexity index is 5260. The Morgan fingerprint density at radius 3 is 1.30 bits per heavy atom. The van der Waals surface area contributed by atoms with Crippen LogP contribution < -0.4 is 57.3 Å². The Kier molecular flexibility index (Phi) is 13.7. The van der Waals surface area contributed by atoms with Gasteiger partial charge in [-0.15, -0.1) is 0 Å². The molecule has 4 heterocycles. The van der Waals surface area contributed by atoms with E-state index in [9.17, 15) is 13.2 Å². The zero-order valence-corrected chi connectivity index (χ0v) is 52.6. The second-order valence-electron chi connectivity index (χ2n) is 24.6. The molecule has 0 amide bonds. The summed E-state index contributed by atoms with van der Waals surface area (Å²) >= 11 is 1.77. The van der Waals surface area contributed by atoms with Crippen LogP contribution in [0.3, 0.4) is 0 Å². The summed E-state index contributed by atoms with van der Waals surface area (Å²) in [6, 6.07) is 118. The molecule has 0 saturated carbocycles. The minimum absolute atomic E-state index is 0.219. The standard InChI is InChI=1S/C85H56B2F3N5S/c88-85(89,90)59-47-49-64(50-48-59)94-77-56-81-72(87-69-41-21-25-45-75(69)93(63-37-17-6-18-38-63)80-53-66(54-82(96-81)84(80)87)91(60-31-11-3-12-32-60)61-33-13-4-14-34-61)55-71(77)86-70-42-22-26-46-76(70)95(74-44-24-20-40-68(74)58-29-9-2-10-30-58)79-52-65(51-78(94)83(79)86)92(62-35-15-5-16-36-62)73-43-23-19-39-67(73)57-27-7-1-8-28-57/h1-56H. The first-order valence-corrected chi connectivity index (χ1v) is 33.2. The Hall–Kier alpha value is -11.7. The van der Waals surface area contributed by atoms with Crippen molar-refractivity contribution in [2.45, 2.75) is 16.0 Å². The highest BCUT2D eigenvalue weighted by Gasteiger charge is 2.48. The molecule has 0 bridgehead atoms. The highest BCUT2D eigenvalue weighted by molar-refractivity contribution is 8.00. The molecule has 0 N–H and O–H groups in total. The molecule has 4 aliphatic heterocycles. The number of para-hydroxylation sites is 8. The van der Waals surface area contributed by atoms with Gasteiger partial charge in [-0.05, 0) is 166 Å². The second kappa shape index (κ2) is 23.1.